The van der Waals surface area contributed by atoms with Crippen molar-refractivity contribution in [2.75, 3.05) is 0 Å². The molecule has 2 aromatic heterocycles. The first kappa shape index (κ1) is 10.9. The maximum absolute atomic E-state index is 10.7. The molecule has 2 rings (SSSR count). The van der Waals surface area contributed by atoms with E-state index in [1.165, 1.54) is 6.20 Å². The lowest BCUT2D eigenvalue weighted by atomic mass is 10.0. The summed E-state index contributed by atoms with van der Waals surface area (Å²) >= 11 is 5.77. The molecular weight excluding hydrogens is 230 g/mol. The molecule has 0 amide bonds. The fraction of sp³-hybridized carbons (Fsp3) is 0.300. The molecule has 1 atom stereocenters. The zero-order valence-electron chi connectivity index (χ0n) is 8.59. The first-order valence-electron chi connectivity index (χ1n) is 4.78. The quantitative estimate of drug-likeness (QED) is 0.884. The molecule has 0 fully saturated rings. The van der Waals surface area contributed by atoms with Crippen molar-refractivity contribution in [2.45, 2.75) is 13.3 Å². The van der Waals surface area contributed by atoms with Crippen molar-refractivity contribution < 1.29 is 9.90 Å². The molecule has 0 aliphatic rings. The summed E-state index contributed by atoms with van der Waals surface area (Å²) in [5, 5.41) is 13.4. The maximum atomic E-state index is 10.7. The van der Waals surface area contributed by atoms with Crippen LogP contribution in [0.25, 0.3) is 5.65 Å². The molecule has 0 spiro atoms. The molecule has 0 aliphatic heterocycles. The van der Waals surface area contributed by atoms with E-state index in [0.29, 0.717) is 17.1 Å². The molecule has 0 radical (unpaired) electrons. The molecule has 1 N–H and O–H groups in total. The Hall–Kier alpha value is -1.62. The number of hydrogen-bond acceptors (Lipinski definition) is 3. The van der Waals surface area contributed by atoms with E-state index in [4.69, 9.17) is 16.7 Å². The van der Waals surface area contributed by atoms with Crippen LogP contribution < -0.4 is 0 Å². The minimum absolute atomic E-state index is 0.410. The molecule has 2 aromatic rings. The number of aliphatic carboxylic acids is 1. The SMILES string of the molecule is CC(Cc1cnn2cc(Cl)cnc12)C(=O)O. The van der Waals surface area contributed by atoms with E-state index in [9.17, 15) is 4.79 Å². The number of halogens is 1. The Balaban J connectivity index is 2.35. The lowest BCUT2D eigenvalue weighted by Gasteiger charge is -2.03. The Kier molecular flexibility index (Phi) is 2.78. The predicted molar refractivity (Wildman–Crippen MR) is 58.5 cm³/mol. The van der Waals surface area contributed by atoms with Gasteiger partial charge in [0, 0.05) is 11.8 Å². The first-order chi connectivity index (χ1) is 7.58. The number of hydrogen-bond donors (Lipinski definition) is 1. The number of carbonyl (C=O) groups is 1. The summed E-state index contributed by atoms with van der Waals surface area (Å²) in [6.07, 6.45) is 5.19. The van der Waals surface area contributed by atoms with Gasteiger partial charge in [-0.2, -0.15) is 5.10 Å². The van der Waals surface area contributed by atoms with Crippen LogP contribution in [0.2, 0.25) is 5.02 Å². The molecule has 84 valence electrons. The average molecular weight is 240 g/mol. The van der Waals surface area contributed by atoms with E-state index in [0.717, 1.165) is 5.56 Å². The van der Waals surface area contributed by atoms with Crippen molar-refractivity contribution in [3.63, 3.8) is 0 Å². The van der Waals surface area contributed by atoms with E-state index < -0.39 is 11.9 Å². The fourth-order valence-corrected chi connectivity index (χ4v) is 1.60. The van der Waals surface area contributed by atoms with E-state index in [-0.39, 0.29) is 0 Å². The highest BCUT2D eigenvalue weighted by atomic mass is 35.5. The van der Waals surface area contributed by atoms with Crippen LogP contribution in [0.4, 0.5) is 0 Å². The third kappa shape index (κ3) is 1.99. The van der Waals surface area contributed by atoms with Gasteiger partial charge in [-0.1, -0.05) is 18.5 Å². The lowest BCUT2D eigenvalue weighted by molar-refractivity contribution is -0.141. The number of carboxylic acids is 1. The summed E-state index contributed by atoms with van der Waals surface area (Å²) in [5.74, 6) is -1.28. The highest BCUT2D eigenvalue weighted by molar-refractivity contribution is 6.30. The Bertz CT molecular complexity index is 538. The molecule has 2 heterocycles. The number of nitrogens with zero attached hydrogens (tertiary/aromatic N) is 3. The highest BCUT2D eigenvalue weighted by Gasteiger charge is 2.15. The summed E-state index contributed by atoms with van der Waals surface area (Å²) in [7, 11) is 0. The third-order valence-electron chi connectivity index (χ3n) is 2.35. The van der Waals surface area contributed by atoms with Crippen LogP contribution in [0.1, 0.15) is 12.5 Å². The van der Waals surface area contributed by atoms with Crippen LogP contribution in [-0.4, -0.2) is 25.7 Å². The van der Waals surface area contributed by atoms with Crippen molar-refractivity contribution in [2.24, 2.45) is 5.92 Å². The van der Waals surface area contributed by atoms with Gasteiger partial charge in [-0.3, -0.25) is 4.79 Å². The van der Waals surface area contributed by atoms with Crippen molar-refractivity contribution in [1.29, 1.82) is 0 Å². The number of aromatic nitrogens is 3. The number of fused-ring (bicyclic) bond motifs is 1. The van der Waals surface area contributed by atoms with Gasteiger partial charge in [-0.05, 0) is 6.42 Å². The second kappa shape index (κ2) is 4.09. The van der Waals surface area contributed by atoms with Crippen LogP contribution in [-0.2, 0) is 11.2 Å². The van der Waals surface area contributed by atoms with Crippen LogP contribution in [0, 0.1) is 5.92 Å². The molecule has 0 aromatic carbocycles. The lowest BCUT2D eigenvalue weighted by Crippen LogP contribution is -2.12. The maximum Gasteiger partial charge on any atom is 0.306 e. The average Bonchev–Trinajstić information content (AvgIpc) is 2.60. The van der Waals surface area contributed by atoms with E-state index in [2.05, 4.69) is 10.1 Å². The van der Waals surface area contributed by atoms with Gasteiger partial charge >= 0.3 is 5.97 Å². The standard InChI is InChI=1S/C10H10ClN3O2/c1-6(10(15)16)2-7-3-13-14-5-8(11)4-12-9(7)14/h3-6H,2H2,1H3,(H,15,16). The van der Waals surface area contributed by atoms with Crippen molar-refractivity contribution in [3.8, 4) is 0 Å². The predicted octanol–water partition coefficient (Wildman–Crippen LogP) is 1.65. The summed E-state index contributed by atoms with van der Waals surface area (Å²) in [5.41, 5.74) is 1.46. The van der Waals surface area contributed by atoms with Gasteiger partial charge in [0.1, 0.15) is 0 Å². The van der Waals surface area contributed by atoms with E-state index >= 15 is 0 Å². The molecular formula is C10H10ClN3O2. The molecule has 0 saturated heterocycles. The van der Waals surface area contributed by atoms with Crippen LogP contribution in [0.15, 0.2) is 18.6 Å². The van der Waals surface area contributed by atoms with Crippen molar-refractivity contribution >= 4 is 23.2 Å². The van der Waals surface area contributed by atoms with Gasteiger partial charge in [-0.15, -0.1) is 0 Å². The van der Waals surface area contributed by atoms with Gasteiger partial charge in [0.05, 0.1) is 23.3 Å². The second-order valence-corrected chi connectivity index (χ2v) is 4.09. The van der Waals surface area contributed by atoms with Crippen molar-refractivity contribution in [3.05, 3.63) is 29.2 Å². The number of carboxylic acid groups (broad SMARTS) is 1. The minimum Gasteiger partial charge on any atom is -0.481 e. The van der Waals surface area contributed by atoms with Crippen LogP contribution >= 0.6 is 11.6 Å². The topological polar surface area (TPSA) is 67.5 Å². The van der Waals surface area contributed by atoms with Crippen LogP contribution in [0.5, 0.6) is 0 Å². The Morgan fingerprint density at radius 2 is 2.38 bits per heavy atom. The summed E-state index contributed by atoms with van der Waals surface area (Å²) in [6, 6.07) is 0. The Labute approximate surface area is 96.7 Å². The van der Waals surface area contributed by atoms with E-state index in [1.807, 2.05) is 0 Å². The molecule has 16 heavy (non-hydrogen) atoms. The monoisotopic (exact) mass is 239 g/mol. The Morgan fingerprint density at radius 1 is 1.62 bits per heavy atom. The molecule has 1 unspecified atom stereocenters. The molecule has 5 nitrogen and oxygen atoms in total. The third-order valence-corrected chi connectivity index (χ3v) is 2.54. The molecule has 6 heteroatoms. The zero-order valence-corrected chi connectivity index (χ0v) is 9.35. The van der Waals surface area contributed by atoms with Gasteiger partial charge in [-0.25, -0.2) is 9.50 Å². The fourth-order valence-electron chi connectivity index (χ4n) is 1.46. The van der Waals surface area contributed by atoms with Crippen molar-refractivity contribution in [1.82, 2.24) is 14.6 Å². The summed E-state index contributed by atoms with van der Waals surface area (Å²) in [4.78, 5) is 14.9. The summed E-state index contributed by atoms with van der Waals surface area (Å²) in [6.45, 7) is 1.65. The van der Waals surface area contributed by atoms with Gasteiger partial charge in [0.25, 0.3) is 0 Å². The smallest absolute Gasteiger partial charge is 0.306 e. The van der Waals surface area contributed by atoms with Crippen LogP contribution in [0.3, 0.4) is 0 Å². The molecule has 0 bridgehead atoms. The zero-order chi connectivity index (χ0) is 11.7. The van der Waals surface area contributed by atoms with Gasteiger partial charge in [0.15, 0.2) is 5.65 Å². The molecule has 0 aliphatic carbocycles. The molecule has 0 saturated carbocycles. The summed E-state index contributed by atoms with van der Waals surface area (Å²) < 4.78 is 1.55. The highest BCUT2D eigenvalue weighted by Crippen LogP contribution is 2.15. The Morgan fingerprint density at radius 3 is 3.06 bits per heavy atom. The van der Waals surface area contributed by atoms with Gasteiger partial charge in [0.2, 0.25) is 0 Å². The first-order valence-corrected chi connectivity index (χ1v) is 5.16. The van der Waals surface area contributed by atoms with Gasteiger partial charge < -0.3 is 5.11 Å². The minimum atomic E-state index is -0.826. The second-order valence-electron chi connectivity index (χ2n) is 3.65. The van der Waals surface area contributed by atoms with E-state index in [1.54, 1.807) is 23.8 Å². The normalized spacial score (nSPS) is 12.9. The number of rotatable bonds is 3. The largest absolute Gasteiger partial charge is 0.481 e.